The predicted molar refractivity (Wildman–Crippen MR) is 64.7 cm³/mol. The van der Waals surface area contributed by atoms with Gasteiger partial charge in [-0.2, -0.15) is 18.2 Å². The summed E-state index contributed by atoms with van der Waals surface area (Å²) in [7, 11) is 0. The number of hydrogen-bond acceptors (Lipinski definition) is 0. The molecule has 0 aromatic heterocycles. The summed E-state index contributed by atoms with van der Waals surface area (Å²) in [5.41, 5.74) is 0. The van der Waals surface area contributed by atoms with Gasteiger partial charge in [0.15, 0.2) is 0 Å². The minimum Gasteiger partial charge on any atom is -0.273 e. The molecule has 84 valence electrons. The molecule has 0 bridgehead atoms. The Labute approximate surface area is 109 Å². The molecule has 0 spiro atoms. The molecular weight excluding hydrogens is 239 g/mol. The van der Waals surface area contributed by atoms with Gasteiger partial charge in [-0.3, -0.25) is 18.2 Å². The summed E-state index contributed by atoms with van der Waals surface area (Å²) in [5.74, 6) is 0. The molecule has 16 heavy (non-hydrogen) atoms. The van der Waals surface area contributed by atoms with E-state index in [1.807, 2.05) is 36.5 Å². The summed E-state index contributed by atoms with van der Waals surface area (Å²) in [6, 6.07) is 0. The fraction of sp³-hybridized carbons (Fsp3) is 0.200. The number of rotatable bonds is 0. The molecule has 0 N–H and O–H groups in total. The second kappa shape index (κ2) is 12.0. The molecule has 0 aromatic rings. The Kier molecular flexibility index (Phi) is 11.2. The smallest absolute Gasteiger partial charge is 0.273 e. The Hall–Kier alpha value is -1.05. The molecule has 0 aromatic carbocycles. The Bertz CT molecular complexity index is 232. The monoisotopic (exact) mass is 254 g/mol. The van der Waals surface area contributed by atoms with Gasteiger partial charge in [0.25, 0.3) is 0 Å². The summed E-state index contributed by atoms with van der Waals surface area (Å²) in [5, 5.41) is 0. The molecule has 1 heteroatoms. The minimum atomic E-state index is 0. The first kappa shape index (κ1) is 14.9. The van der Waals surface area contributed by atoms with Crippen molar-refractivity contribution >= 4 is 0 Å². The van der Waals surface area contributed by atoms with Gasteiger partial charge in [0.05, 0.1) is 0 Å². The first-order chi connectivity index (χ1) is 7.50. The third-order valence-corrected chi connectivity index (χ3v) is 1.76. The zero-order valence-electron chi connectivity index (χ0n) is 9.15. The van der Waals surface area contributed by atoms with Crippen molar-refractivity contribution in [1.29, 1.82) is 0 Å². The topological polar surface area (TPSA) is 0 Å². The van der Waals surface area contributed by atoms with E-state index in [4.69, 9.17) is 0 Å². The molecule has 0 nitrogen and oxygen atoms in total. The molecule has 0 atom stereocenters. The van der Waals surface area contributed by atoms with Crippen LogP contribution in [0.1, 0.15) is 19.3 Å². The number of hydrogen-bond donors (Lipinski definition) is 0. The van der Waals surface area contributed by atoms with E-state index in [2.05, 4.69) is 36.5 Å². The molecule has 0 saturated heterocycles. The van der Waals surface area contributed by atoms with E-state index in [1.54, 1.807) is 0 Å². The normalized spacial score (nSPS) is 16.5. The molecule has 0 fully saturated rings. The van der Waals surface area contributed by atoms with Crippen LogP contribution in [0.25, 0.3) is 0 Å². The van der Waals surface area contributed by atoms with Gasteiger partial charge in [-0.05, 0) is 0 Å². The number of allylic oxidation sites excluding steroid dienone is 12. The van der Waals surface area contributed by atoms with Crippen LogP contribution < -0.4 is 0 Å². The van der Waals surface area contributed by atoms with Crippen molar-refractivity contribution in [1.82, 2.24) is 0 Å². The van der Waals surface area contributed by atoms with Gasteiger partial charge in [0.1, 0.15) is 0 Å². The van der Waals surface area contributed by atoms with Gasteiger partial charge in [0.2, 0.25) is 0 Å². The Balaban J connectivity index is 0.000000205. The van der Waals surface area contributed by atoms with Crippen molar-refractivity contribution in [3.63, 3.8) is 0 Å². The molecule has 0 amide bonds. The largest absolute Gasteiger partial charge is 3.00 e. The average Bonchev–Trinajstić information content (AvgIpc) is 3.09. The van der Waals surface area contributed by atoms with Crippen LogP contribution in [0.5, 0.6) is 0 Å². The van der Waals surface area contributed by atoms with Crippen LogP contribution in [0.3, 0.4) is 0 Å². The van der Waals surface area contributed by atoms with E-state index in [1.165, 1.54) is 0 Å². The molecule has 3 rings (SSSR count). The molecule has 0 radical (unpaired) electrons. The molecule has 0 heterocycles. The van der Waals surface area contributed by atoms with Crippen LogP contribution in [0.2, 0.25) is 0 Å². The minimum absolute atomic E-state index is 0. The second-order valence-corrected chi connectivity index (χ2v) is 3.01. The first-order valence-corrected chi connectivity index (χ1v) is 5.15. The summed E-state index contributed by atoms with van der Waals surface area (Å²) < 4.78 is 0. The van der Waals surface area contributed by atoms with E-state index in [0.29, 0.717) is 0 Å². The van der Waals surface area contributed by atoms with Crippen LogP contribution in [0.15, 0.2) is 54.7 Å². The van der Waals surface area contributed by atoms with Crippen LogP contribution in [-0.2, 0) is 16.8 Å². The van der Waals surface area contributed by atoms with Crippen LogP contribution >= 0.6 is 0 Å². The maximum Gasteiger partial charge on any atom is 3.00 e. The van der Waals surface area contributed by atoms with Crippen molar-refractivity contribution in [3.05, 3.63) is 72.9 Å². The molecule has 0 aliphatic heterocycles. The Morgan fingerprint density at radius 1 is 0.562 bits per heavy atom. The molecule has 0 unspecified atom stereocenters. The Morgan fingerprint density at radius 2 is 0.875 bits per heavy atom. The molecular formula is C15H15Co. The maximum atomic E-state index is 2.99. The maximum absolute atomic E-state index is 2.99. The quantitative estimate of drug-likeness (QED) is 0.575. The molecule has 3 aliphatic rings. The van der Waals surface area contributed by atoms with E-state index < -0.39 is 0 Å². The first-order valence-electron chi connectivity index (χ1n) is 5.15. The van der Waals surface area contributed by atoms with Crippen molar-refractivity contribution in [3.8, 4) is 0 Å². The zero-order chi connectivity index (χ0) is 10.6. The van der Waals surface area contributed by atoms with Crippen LogP contribution in [0.4, 0.5) is 0 Å². The summed E-state index contributed by atoms with van der Waals surface area (Å²) in [4.78, 5) is 0. The fourth-order valence-corrected chi connectivity index (χ4v) is 1.02. The van der Waals surface area contributed by atoms with E-state index >= 15 is 0 Å². The molecule has 3 aliphatic carbocycles. The standard InChI is InChI=1S/3C5H5.Co/c3*1-2-4-5-3-1;/h3*1-3H,4H2;/q3*-1;+3. The summed E-state index contributed by atoms with van der Waals surface area (Å²) >= 11 is 0. The van der Waals surface area contributed by atoms with Gasteiger partial charge in [-0.25, -0.2) is 36.5 Å². The van der Waals surface area contributed by atoms with Crippen molar-refractivity contribution in [2.75, 3.05) is 0 Å². The van der Waals surface area contributed by atoms with Gasteiger partial charge >= 0.3 is 16.8 Å². The average molecular weight is 254 g/mol. The van der Waals surface area contributed by atoms with Crippen LogP contribution in [0, 0.1) is 18.2 Å². The van der Waals surface area contributed by atoms with Gasteiger partial charge in [0, 0.05) is 0 Å². The van der Waals surface area contributed by atoms with Crippen molar-refractivity contribution in [2.24, 2.45) is 0 Å². The van der Waals surface area contributed by atoms with Crippen LogP contribution in [-0.4, -0.2) is 0 Å². The second-order valence-electron chi connectivity index (χ2n) is 3.01. The third kappa shape index (κ3) is 9.50. The van der Waals surface area contributed by atoms with E-state index in [0.717, 1.165) is 19.3 Å². The fourth-order valence-electron chi connectivity index (χ4n) is 1.02. The third-order valence-electron chi connectivity index (χ3n) is 1.76. The summed E-state index contributed by atoms with van der Waals surface area (Å²) in [6.07, 6.45) is 30.0. The Morgan fingerprint density at radius 3 is 0.938 bits per heavy atom. The molecule has 0 saturated carbocycles. The van der Waals surface area contributed by atoms with Gasteiger partial charge in [-0.1, -0.05) is 0 Å². The SMILES string of the molecule is [C-]1=CC=CC1.[C-]1=CC=CC1.[C-]1=CC=CC1.[Co+3]. The van der Waals surface area contributed by atoms with E-state index in [-0.39, 0.29) is 16.8 Å². The van der Waals surface area contributed by atoms with E-state index in [9.17, 15) is 0 Å². The predicted octanol–water partition coefficient (Wildman–Crippen LogP) is 3.91. The van der Waals surface area contributed by atoms with Gasteiger partial charge < -0.3 is 0 Å². The zero-order valence-corrected chi connectivity index (χ0v) is 10.2. The summed E-state index contributed by atoms with van der Waals surface area (Å²) in [6.45, 7) is 0. The van der Waals surface area contributed by atoms with Crippen molar-refractivity contribution in [2.45, 2.75) is 19.3 Å². The van der Waals surface area contributed by atoms with Gasteiger partial charge in [-0.15, -0.1) is 19.3 Å². The van der Waals surface area contributed by atoms with Crippen molar-refractivity contribution < 1.29 is 16.8 Å².